The Balaban J connectivity index is 1.25. The van der Waals surface area contributed by atoms with Crippen LogP contribution in [-0.4, -0.2) is 47.3 Å². The van der Waals surface area contributed by atoms with Gasteiger partial charge in [0, 0.05) is 55.7 Å². The molecule has 0 radical (unpaired) electrons. The van der Waals surface area contributed by atoms with Crippen LogP contribution in [0.25, 0.3) is 0 Å². The van der Waals surface area contributed by atoms with Crippen LogP contribution in [0, 0.1) is 13.8 Å². The fourth-order valence-electron chi connectivity index (χ4n) is 5.67. The van der Waals surface area contributed by atoms with Gasteiger partial charge in [-0.15, -0.1) is 23.2 Å². The third kappa shape index (κ3) is 12.6. The van der Waals surface area contributed by atoms with E-state index in [4.69, 9.17) is 46.4 Å². The van der Waals surface area contributed by atoms with Crippen LogP contribution in [0.3, 0.4) is 0 Å². The number of azo groups is 2. The van der Waals surface area contributed by atoms with Crippen molar-refractivity contribution in [1.82, 2.24) is 0 Å². The second-order valence-corrected chi connectivity index (χ2v) is 15.2. The summed E-state index contributed by atoms with van der Waals surface area (Å²) in [4.78, 5) is 77.9. The lowest BCUT2D eigenvalue weighted by atomic mass is 10.0. The molecule has 5 aromatic rings. The summed E-state index contributed by atoms with van der Waals surface area (Å²) in [6, 6.07) is 22.3. The fourth-order valence-corrected chi connectivity index (χ4v) is 6.48. The zero-order valence-corrected chi connectivity index (χ0v) is 36.6. The Labute approximate surface area is 376 Å². The number of amides is 4. The summed E-state index contributed by atoms with van der Waals surface area (Å²) in [6.07, 6.45) is 0. The molecule has 18 heteroatoms. The normalized spacial score (nSPS) is 12.1. The first-order valence-corrected chi connectivity index (χ1v) is 20.5. The van der Waals surface area contributed by atoms with Gasteiger partial charge in [0.05, 0.1) is 11.4 Å². The molecule has 0 spiro atoms. The molecule has 0 aliphatic heterocycles. The molecule has 0 aliphatic carbocycles. The van der Waals surface area contributed by atoms with E-state index < -0.39 is 47.3 Å². The monoisotopic (exact) mass is 914 g/mol. The molecule has 5 rings (SSSR count). The Kier molecular flexibility index (Phi) is 16.2. The Morgan fingerprint density at radius 3 is 1.19 bits per heavy atom. The summed E-state index contributed by atoms with van der Waals surface area (Å²) in [5.74, 6) is -3.10. The lowest BCUT2D eigenvalue weighted by molar-refractivity contribution is -0.127. The first-order chi connectivity index (χ1) is 29.5. The highest BCUT2D eigenvalue weighted by atomic mass is 35.5. The fraction of sp³-hybridized carbons (Fsp3) is 0.182. The summed E-state index contributed by atoms with van der Waals surface area (Å²) in [7, 11) is 0. The van der Waals surface area contributed by atoms with Crippen molar-refractivity contribution in [3.05, 3.63) is 140 Å². The molecule has 14 nitrogen and oxygen atoms in total. The van der Waals surface area contributed by atoms with Crippen molar-refractivity contribution in [1.29, 1.82) is 0 Å². The molecule has 318 valence electrons. The van der Waals surface area contributed by atoms with Crippen LogP contribution < -0.4 is 21.3 Å². The standard InChI is InChI=1S/C44H38Cl4N8O6/c1-23-24(2)38(52-44(62)40(26(4)58)56-54-36-18-30(16-32(48)20-36)42(60)50-34-11-7-28(22-46)8-12-34)14-13-37(23)51-43(61)39(25(3)57)55-53-35-17-29(15-31(47)19-35)41(59)49-33-9-5-27(21-45)6-10-33/h5-20,39-40H,21-22H2,1-4H3,(H,49,59)(H,50,60)(H,51,61)(H,52,62). The predicted octanol–water partition coefficient (Wildman–Crippen LogP) is 11.0. The van der Waals surface area contributed by atoms with Gasteiger partial charge in [-0.3, -0.25) is 28.8 Å². The number of nitrogens with zero attached hydrogens (tertiary/aromatic N) is 4. The molecule has 0 saturated carbocycles. The van der Waals surface area contributed by atoms with Gasteiger partial charge in [-0.2, -0.15) is 20.5 Å². The predicted molar refractivity (Wildman–Crippen MR) is 242 cm³/mol. The highest BCUT2D eigenvalue weighted by Gasteiger charge is 2.26. The van der Waals surface area contributed by atoms with E-state index >= 15 is 0 Å². The zero-order chi connectivity index (χ0) is 45.1. The van der Waals surface area contributed by atoms with Gasteiger partial charge >= 0.3 is 0 Å². The van der Waals surface area contributed by atoms with E-state index in [-0.39, 0.29) is 32.5 Å². The first kappa shape index (κ1) is 46.7. The second kappa shape index (κ2) is 21.5. The summed E-state index contributed by atoms with van der Waals surface area (Å²) < 4.78 is 0. The molecule has 0 heterocycles. The van der Waals surface area contributed by atoms with Gasteiger partial charge in [0.1, 0.15) is 0 Å². The number of carbonyl (C=O) groups excluding carboxylic acids is 6. The molecule has 62 heavy (non-hydrogen) atoms. The van der Waals surface area contributed by atoms with Crippen molar-refractivity contribution in [2.45, 2.75) is 51.5 Å². The minimum atomic E-state index is -1.56. The molecule has 0 bridgehead atoms. The van der Waals surface area contributed by atoms with Crippen molar-refractivity contribution in [2.75, 3.05) is 21.3 Å². The summed E-state index contributed by atoms with van der Waals surface area (Å²) in [6.45, 7) is 5.72. The molecule has 4 amide bonds. The molecule has 0 fully saturated rings. The molecular formula is C44H38Cl4N8O6. The van der Waals surface area contributed by atoms with Gasteiger partial charge in [0.2, 0.25) is 12.1 Å². The summed E-state index contributed by atoms with van der Waals surface area (Å²) in [5, 5.41) is 27.3. The minimum absolute atomic E-state index is 0.125. The lowest BCUT2D eigenvalue weighted by Gasteiger charge is -2.17. The average Bonchev–Trinajstić information content (AvgIpc) is 3.23. The van der Waals surface area contributed by atoms with Crippen LogP contribution in [0.1, 0.15) is 56.8 Å². The Hall–Kier alpha value is -6.32. The molecule has 4 N–H and O–H groups in total. The van der Waals surface area contributed by atoms with E-state index in [1.54, 1.807) is 62.4 Å². The molecule has 0 aliphatic rings. The number of nitrogens with one attached hydrogen (secondary N) is 4. The van der Waals surface area contributed by atoms with Crippen molar-refractivity contribution >= 4 is 116 Å². The van der Waals surface area contributed by atoms with Crippen molar-refractivity contribution in [2.24, 2.45) is 20.5 Å². The molecular weight excluding hydrogens is 878 g/mol. The number of hydrogen-bond acceptors (Lipinski definition) is 10. The van der Waals surface area contributed by atoms with E-state index in [1.807, 2.05) is 0 Å². The molecule has 0 saturated heterocycles. The zero-order valence-electron chi connectivity index (χ0n) is 33.6. The van der Waals surface area contributed by atoms with E-state index in [9.17, 15) is 28.8 Å². The molecule has 2 atom stereocenters. The average molecular weight is 917 g/mol. The van der Waals surface area contributed by atoms with Gasteiger partial charge in [0.25, 0.3) is 23.6 Å². The van der Waals surface area contributed by atoms with Crippen LogP contribution >= 0.6 is 46.4 Å². The maximum atomic E-state index is 13.4. The van der Waals surface area contributed by atoms with Crippen LogP contribution in [0.2, 0.25) is 10.0 Å². The van der Waals surface area contributed by atoms with E-state index in [1.165, 1.54) is 62.4 Å². The van der Waals surface area contributed by atoms with Gasteiger partial charge in [-0.05, 0) is 123 Å². The minimum Gasteiger partial charge on any atom is -0.324 e. The Morgan fingerprint density at radius 2 is 0.871 bits per heavy atom. The number of carbonyl (C=O) groups is 6. The Morgan fingerprint density at radius 1 is 0.516 bits per heavy atom. The molecule has 0 aromatic heterocycles. The van der Waals surface area contributed by atoms with Crippen LogP contribution in [0.5, 0.6) is 0 Å². The number of Topliss-reactive ketones (excluding diaryl/α,β-unsaturated/α-hetero) is 2. The van der Waals surface area contributed by atoms with Crippen LogP contribution in [0.4, 0.5) is 34.1 Å². The molecule has 5 aromatic carbocycles. The van der Waals surface area contributed by atoms with Crippen molar-refractivity contribution in [3.63, 3.8) is 0 Å². The van der Waals surface area contributed by atoms with Gasteiger partial charge in [-0.25, -0.2) is 0 Å². The van der Waals surface area contributed by atoms with Gasteiger partial charge in [0.15, 0.2) is 11.6 Å². The van der Waals surface area contributed by atoms with E-state index in [2.05, 4.69) is 41.7 Å². The highest BCUT2D eigenvalue weighted by molar-refractivity contribution is 6.31. The molecule has 2 unspecified atom stereocenters. The maximum absolute atomic E-state index is 13.4. The number of alkyl halides is 2. The van der Waals surface area contributed by atoms with Gasteiger partial charge in [-0.1, -0.05) is 47.5 Å². The number of hydrogen-bond donors (Lipinski definition) is 4. The number of rotatable bonds is 16. The maximum Gasteiger partial charge on any atom is 0.258 e. The third-order valence-electron chi connectivity index (χ3n) is 9.17. The SMILES string of the molecule is CC(=O)C(N=Nc1cc(Cl)cc(C(=O)Nc2ccc(CCl)cc2)c1)C(=O)Nc1ccc(NC(=O)C(N=Nc2cc(Cl)cc(C(=O)Nc3ccc(CCl)cc3)c2)C(C)=O)c(C)c1C. The van der Waals surface area contributed by atoms with Crippen LogP contribution in [-0.2, 0) is 30.9 Å². The number of halogens is 4. The quantitative estimate of drug-likeness (QED) is 0.0431. The third-order valence-corrected chi connectivity index (χ3v) is 10.2. The Bertz CT molecular complexity index is 2420. The van der Waals surface area contributed by atoms with Crippen LogP contribution in [0.15, 0.2) is 118 Å². The number of anilines is 4. The largest absolute Gasteiger partial charge is 0.324 e. The summed E-state index contributed by atoms with van der Waals surface area (Å²) >= 11 is 24.2. The van der Waals surface area contributed by atoms with Crippen molar-refractivity contribution in [3.8, 4) is 0 Å². The first-order valence-electron chi connectivity index (χ1n) is 18.6. The number of ketones is 2. The summed E-state index contributed by atoms with van der Waals surface area (Å²) in [5.41, 5.74) is 5.07. The second-order valence-electron chi connectivity index (χ2n) is 13.8. The smallest absolute Gasteiger partial charge is 0.258 e. The highest BCUT2D eigenvalue weighted by Crippen LogP contribution is 2.29. The van der Waals surface area contributed by atoms with Gasteiger partial charge < -0.3 is 21.3 Å². The van der Waals surface area contributed by atoms with E-state index in [0.29, 0.717) is 45.6 Å². The van der Waals surface area contributed by atoms with Crippen molar-refractivity contribution < 1.29 is 28.8 Å². The van der Waals surface area contributed by atoms with E-state index in [0.717, 1.165) is 11.1 Å². The topological polar surface area (TPSA) is 200 Å². The lowest BCUT2D eigenvalue weighted by Crippen LogP contribution is -2.33. The number of benzene rings is 5.